The number of aryl methyl sites for hydroxylation is 1. The molecule has 18 heavy (non-hydrogen) atoms. The van der Waals surface area contributed by atoms with E-state index in [0.717, 1.165) is 23.9 Å². The quantitative estimate of drug-likeness (QED) is 0.886. The Morgan fingerprint density at radius 1 is 1.17 bits per heavy atom. The van der Waals surface area contributed by atoms with Crippen LogP contribution in [0.2, 0.25) is 0 Å². The molecule has 2 rings (SSSR count). The number of nitrogens with zero attached hydrogens (tertiary/aromatic N) is 2. The van der Waals surface area contributed by atoms with Crippen molar-refractivity contribution in [2.45, 2.75) is 71.4 Å². The fourth-order valence-corrected chi connectivity index (χ4v) is 3.23. The van der Waals surface area contributed by atoms with Crippen LogP contribution in [0.3, 0.4) is 0 Å². The molecule has 0 atom stereocenters. The molecule has 1 aliphatic carbocycles. The molecule has 1 N–H and O–H groups in total. The molecule has 3 nitrogen and oxygen atoms in total. The fraction of sp³-hybridized carbons (Fsp3) is 0.857. The Hall–Kier alpha value is -0.480. The molecule has 1 saturated carbocycles. The molecule has 0 aromatic carbocycles. The first kappa shape index (κ1) is 13.9. The van der Waals surface area contributed by atoms with E-state index in [-0.39, 0.29) is 5.54 Å². The van der Waals surface area contributed by atoms with E-state index >= 15 is 0 Å². The summed E-state index contributed by atoms with van der Waals surface area (Å²) in [5.41, 5.74) is 0.148. The first-order chi connectivity index (χ1) is 8.53. The monoisotopic (exact) mass is 267 g/mol. The van der Waals surface area contributed by atoms with E-state index in [1.54, 1.807) is 11.3 Å². The molecule has 0 unspecified atom stereocenters. The number of aromatic nitrogens is 2. The van der Waals surface area contributed by atoms with Gasteiger partial charge in [0, 0.05) is 12.0 Å². The fourth-order valence-electron chi connectivity index (χ4n) is 2.43. The lowest BCUT2D eigenvalue weighted by Gasteiger charge is -2.19. The summed E-state index contributed by atoms with van der Waals surface area (Å²) in [6, 6.07) is 0. The second-order valence-corrected chi connectivity index (χ2v) is 7.53. The zero-order chi connectivity index (χ0) is 13.0. The lowest BCUT2D eigenvalue weighted by Crippen LogP contribution is -2.35. The van der Waals surface area contributed by atoms with E-state index in [1.165, 1.54) is 37.1 Å². The Morgan fingerprint density at radius 2 is 1.83 bits per heavy atom. The minimum atomic E-state index is 0.148. The molecule has 0 saturated heterocycles. The van der Waals surface area contributed by atoms with Crippen LogP contribution in [0.25, 0.3) is 0 Å². The van der Waals surface area contributed by atoms with Crippen molar-refractivity contribution >= 4 is 11.3 Å². The highest BCUT2D eigenvalue weighted by Gasteiger charge is 2.16. The highest BCUT2D eigenvalue weighted by atomic mass is 32.1. The van der Waals surface area contributed by atoms with Gasteiger partial charge in [-0.15, -0.1) is 21.5 Å². The molecule has 1 aromatic heterocycles. The second kappa shape index (κ2) is 6.11. The SMILES string of the molecule is CC(C)(C)NCc1nnc(CCC2CCCC2)s1. The van der Waals surface area contributed by atoms with Gasteiger partial charge in [0.2, 0.25) is 0 Å². The summed E-state index contributed by atoms with van der Waals surface area (Å²) in [5, 5.41) is 14.4. The summed E-state index contributed by atoms with van der Waals surface area (Å²) in [4.78, 5) is 0. The summed E-state index contributed by atoms with van der Waals surface area (Å²) < 4.78 is 0. The molecule has 0 amide bonds. The van der Waals surface area contributed by atoms with Crippen LogP contribution in [-0.2, 0) is 13.0 Å². The zero-order valence-corrected chi connectivity index (χ0v) is 12.6. The normalized spacial score (nSPS) is 17.5. The van der Waals surface area contributed by atoms with Crippen molar-refractivity contribution in [1.82, 2.24) is 15.5 Å². The molecule has 0 bridgehead atoms. The Bertz CT molecular complexity index is 361. The van der Waals surface area contributed by atoms with Crippen LogP contribution >= 0.6 is 11.3 Å². The molecule has 102 valence electrons. The predicted molar refractivity (Wildman–Crippen MR) is 76.8 cm³/mol. The molecule has 1 fully saturated rings. The predicted octanol–water partition coefficient (Wildman–Crippen LogP) is 3.55. The van der Waals surface area contributed by atoms with Crippen molar-refractivity contribution in [3.63, 3.8) is 0 Å². The van der Waals surface area contributed by atoms with Gasteiger partial charge in [-0.25, -0.2) is 0 Å². The van der Waals surface area contributed by atoms with Gasteiger partial charge in [-0.3, -0.25) is 0 Å². The molecule has 0 aliphatic heterocycles. The third-order valence-corrected chi connectivity index (χ3v) is 4.50. The van der Waals surface area contributed by atoms with Crippen molar-refractivity contribution in [1.29, 1.82) is 0 Å². The van der Waals surface area contributed by atoms with Gasteiger partial charge in [0.15, 0.2) is 0 Å². The van der Waals surface area contributed by atoms with Crippen LogP contribution in [0.15, 0.2) is 0 Å². The largest absolute Gasteiger partial charge is 0.306 e. The maximum atomic E-state index is 4.31. The second-order valence-electron chi connectivity index (χ2n) is 6.38. The Balaban J connectivity index is 1.75. The van der Waals surface area contributed by atoms with Gasteiger partial charge in [-0.1, -0.05) is 25.7 Å². The van der Waals surface area contributed by atoms with E-state index in [0.29, 0.717) is 0 Å². The van der Waals surface area contributed by atoms with Gasteiger partial charge in [-0.2, -0.15) is 0 Å². The Morgan fingerprint density at radius 3 is 2.50 bits per heavy atom. The minimum Gasteiger partial charge on any atom is -0.306 e. The highest BCUT2D eigenvalue weighted by Crippen LogP contribution is 2.29. The number of hydrogen-bond acceptors (Lipinski definition) is 4. The van der Waals surface area contributed by atoms with Gasteiger partial charge in [0.25, 0.3) is 0 Å². The molecular weight excluding hydrogens is 242 g/mol. The van der Waals surface area contributed by atoms with Crippen LogP contribution in [0.4, 0.5) is 0 Å². The molecule has 4 heteroatoms. The van der Waals surface area contributed by atoms with E-state index in [4.69, 9.17) is 0 Å². The molecule has 1 heterocycles. The maximum Gasteiger partial charge on any atom is 0.131 e. The summed E-state index contributed by atoms with van der Waals surface area (Å²) in [5.74, 6) is 0.949. The van der Waals surface area contributed by atoms with Gasteiger partial charge in [0.1, 0.15) is 10.0 Å². The summed E-state index contributed by atoms with van der Waals surface area (Å²) >= 11 is 1.77. The summed E-state index contributed by atoms with van der Waals surface area (Å²) in [6.07, 6.45) is 8.15. The zero-order valence-electron chi connectivity index (χ0n) is 11.8. The van der Waals surface area contributed by atoms with Crippen molar-refractivity contribution in [2.75, 3.05) is 0 Å². The lowest BCUT2D eigenvalue weighted by atomic mass is 10.0. The van der Waals surface area contributed by atoms with Gasteiger partial charge >= 0.3 is 0 Å². The van der Waals surface area contributed by atoms with Crippen molar-refractivity contribution in [2.24, 2.45) is 5.92 Å². The minimum absolute atomic E-state index is 0.148. The van der Waals surface area contributed by atoms with Crippen LogP contribution in [0.5, 0.6) is 0 Å². The number of hydrogen-bond donors (Lipinski definition) is 1. The van der Waals surface area contributed by atoms with E-state index in [1.807, 2.05) is 0 Å². The highest BCUT2D eigenvalue weighted by molar-refractivity contribution is 7.11. The van der Waals surface area contributed by atoms with Crippen molar-refractivity contribution < 1.29 is 0 Å². The Kier molecular flexibility index (Phi) is 4.73. The van der Waals surface area contributed by atoms with Gasteiger partial charge in [0.05, 0.1) is 6.54 Å². The standard InChI is InChI=1S/C14H25N3S/c1-14(2,3)15-10-13-17-16-12(18-13)9-8-11-6-4-5-7-11/h11,15H,4-10H2,1-3H3. The van der Waals surface area contributed by atoms with Crippen LogP contribution in [-0.4, -0.2) is 15.7 Å². The van der Waals surface area contributed by atoms with Crippen LogP contribution < -0.4 is 5.32 Å². The van der Waals surface area contributed by atoms with Crippen molar-refractivity contribution in [3.8, 4) is 0 Å². The maximum absolute atomic E-state index is 4.31. The van der Waals surface area contributed by atoms with Gasteiger partial charge < -0.3 is 5.32 Å². The number of nitrogens with one attached hydrogen (secondary N) is 1. The molecule has 1 aliphatic rings. The average Bonchev–Trinajstić information content (AvgIpc) is 2.94. The lowest BCUT2D eigenvalue weighted by molar-refractivity contribution is 0.423. The third-order valence-electron chi connectivity index (χ3n) is 3.52. The first-order valence-corrected chi connectivity index (χ1v) is 7.91. The van der Waals surface area contributed by atoms with E-state index in [2.05, 4.69) is 36.3 Å². The molecular formula is C14H25N3S. The van der Waals surface area contributed by atoms with Gasteiger partial charge in [-0.05, 0) is 33.1 Å². The van der Waals surface area contributed by atoms with E-state index < -0.39 is 0 Å². The molecule has 0 radical (unpaired) electrons. The smallest absolute Gasteiger partial charge is 0.131 e. The summed E-state index contributed by atoms with van der Waals surface area (Å²) in [7, 11) is 0. The van der Waals surface area contributed by atoms with Crippen molar-refractivity contribution in [3.05, 3.63) is 10.0 Å². The topological polar surface area (TPSA) is 37.8 Å². The summed E-state index contributed by atoms with van der Waals surface area (Å²) in [6.45, 7) is 7.36. The average molecular weight is 267 g/mol. The van der Waals surface area contributed by atoms with Crippen LogP contribution in [0.1, 0.15) is 62.9 Å². The Labute approximate surface area is 114 Å². The van der Waals surface area contributed by atoms with Crippen LogP contribution in [0, 0.1) is 5.92 Å². The third kappa shape index (κ3) is 4.65. The molecule has 0 spiro atoms. The number of rotatable bonds is 5. The first-order valence-electron chi connectivity index (χ1n) is 7.09. The van der Waals surface area contributed by atoms with E-state index in [9.17, 15) is 0 Å². The molecule has 1 aromatic rings.